The number of ether oxygens (including phenoxy) is 2. The van der Waals surface area contributed by atoms with Gasteiger partial charge in [0.05, 0.1) is 24.9 Å². The lowest BCUT2D eigenvalue weighted by molar-refractivity contribution is -0.161. The maximum absolute atomic E-state index is 12.2. The van der Waals surface area contributed by atoms with Crippen molar-refractivity contribution in [2.75, 3.05) is 13.2 Å². The Balaban J connectivity index is 3.97. The molecule has 0 fully saturated rings. The van der Waals surface area contributed by atoms with E-state index in [-0.39, 0.29) is 31.8 Å². The lowest BCUT2D eigenvalue weighted by atomic mass is 9.99. The van der Waals surface area contributed by atoms with E-state index >= 15 is 0 Å². The van der Waals surface area contributed by atoms with Crippen molar-refractivity contribution < 1.29 is 39.5 Å². The predicted molar refractivity (Wildman–Crippen MR) is 195 cm³/mol. The Morgan fingerprint density at radius 3 is 1.83 bits per heavy atom. The fraction of sp³-hybridized carbons (Fsp3) is 0.700. The van der Waals surface area contributed by atoms with E-state index in [0.717, 1.165) is 31.6 Å². The Labute approximate surface area is 291 Å². The summed E-state index contributed by atoms with van der Waals surface area (Å²) in [4.78, 5) is 24.2. The number of unbranched alkanes of at least 4 members (excludes halogenated alkanes) is 9. The van der Waals surface area contributed by atoms with Gasteiger partial charge in [0.2, 0.25) is 0 Å². The summed E-state index contributed by atoms with van der Waals surface area (Å²) in [6.45, 7) is 5.99. The summed E-state index contributed by atoms with van der Waals surface area (Å²) in [5, 5.41) is 39.6. The van der Waals surface area contributed by atoms with Crippen molar-refractivity contribution in [2.24, 2.45) is 5.92 Å². The summed E-state index contributed by atoms with van der Waals surface area (Å²) < 4.78 is 10.4. The number of aliphatic hydroxyl groups excluding tert-OH is 4. The van der Waals surface area contributed by atoms with E-state index in [2.05, 4.69) is 13.8 Å². The first-order valence-corrected chi connectivity index (χ1v) is 18.6. The Kier molecular flexibility index (Phi) is 31.3. The van der Waals surface area contributed by atoms with Gasteiger partial charge < -0.3 is 29.9 Å². The molecule has 0 aromatic carbocycles. The fourth-order valence-electron chi connectivity index (χ4n) is 4.87. The number of hydrogen-bond donors (Lipinski definition) is 4. The van der Waals surface area contributed by atoms with Crippen LogP contribution in [-0.4, -0.2) is 70.0 Å². The molecule has 0 bridgehead atoms. The average molecular weight is 677 g/mol. The van der Waals surface area contributed by atoms with Crippen LogP contribution in [0.5, 0.6) is 0 Å². The van der Waals surface area contributed by atoms with E-state index in [1.54, 1.807) is 42.5 Å². The second-order valence-electron chi connectivity index (χ2n) is 12.7. The molecule has 0 saturated heterocycles. The van der Waals surface area contributed by atoms with E-state index in [9.17, 15) is 30.0 Å². The molecule has 276 valence electrons. The lowest BCUT2D eigenvalue weighted by Crippen LogP contribution is -2.29. The van der Waals surface area contributed by atoms with E-state index in [4.69, 9.17) is 9.47 Å². The highest BCUT2D eigenvalue weighted by molar-refractivity contribution is 5.70. The van der Waals surface area contributed by atoms with Crippen molar-refractivity contribution in [2.45, 2.75) is 161 Å². The molecular formula is C40H68O8. The molecule has 0 saturated carbocycles. The fourth-order valence-corrected chi connectivity index (χ4v) is 4.87. The number of carbonyl (C=O) groups is 2. The Bertz CT molecular complexity index is 922. The molecule has 8 nitrogen and oxygen atoms in total. The largest absolute Gasteiger partial charge is 0.462 e. The van der Waals surface area contributed by atoms with Crippen LogP contribution in [0.25, 0.3) is 0 Å². The summed E-state index contributed by atoms with van der Waals surface area (Å²) in [5.74, 6) is -0.0738. The van der Waals surface area contributed by atoms with Crippen LogP contribution in [0.15, 0.2) is 60.8 Å². The van der Waals surface area contributed by atoms with Crippen molar-refractivity contribution in [3.8, 4) is 0 Å². The summed E-state index contributed by atoms with van der Waals surface area (Å²) in [6.07, 6.45) is 30.8. The quantitative estimate of drug-likeness (QED) is 0.0251. The number of rotatable bonds is 31. The molecule has 0 aromatic heterocycles. The molecule has 8 heteroatoms. The summed E-state index contributed by atoms with van der Waals surface area (Å²) >= 11 is 0. The molecule has 0 radical (unpaired) electrons. The Morgan fingerprint density at radius 1 is 0.667 bits per heavy atom. The van der Waals surface area contributed by atoms with Gasteiger partial charge in [0.25, 0.3) is 0 Å². The minimum atomic E-state index is -1.09. The van der Waals surface area contributed by atoms with Crippen LogP contribution in [0.4, 0.5) is 0 Å². The Hall–Kier alpha value is -2.52. The molecule has 0 amide bonds. The van der Waals surface area contributed by atoms with Crippen LogP contribution in [0.1, 0.15) is 136 Å². The normalized spacial score (nSPS) is 15.6. The second-order valence-corrected chi connectivity index (χ2v) is 12.7. The van der Waals surface area contributed by atoms with E-state index in [1.807, 2.05) is 19.1 Å². The van der Waals surface area contributed by atoms with Crippen LogP contribution in [0.3, 0.4) is 0 Å². The standard InChI is InChI=1S/C40H68O8/c1-4-6-19-26-35(42)27-21-16-13-14-17-22-28-37(43)38(44)29-24-31-40(46)48-36(32-41)33-47-39(45)30-23-18-12-10-8-7-9-11-15-20-25-34(3)5-2/h6,13-14,16-17,19,21-22,27-28,34-38,41-44H,4-5,7-12,15,18,20,23-26,29-33H2,1-3H3/b16-13+,17-14-,19-6-,27-21+,28-22-/t34?,35-,36-,37+,38+/m0/s1. The van der Waals surface area contributed by atoms with Crippen LogP contribution < -0.4 is 0 Å². The van der Waals surface area contributed by atoms with Gasteiger partial charge >= 0.3 is 11.9 Å². The van der Waals surface area contributed by atoms with Crippen molar-refractivity contribution in [3.63, 3.8) is 0 Å². The highest BCUT2D eigenvalue weighted by Crippen LogP contribution is 2.16. The minimum Gasteiger partial charge on any atom is -0.462 e. The van der Waals surface area contributed by atoms with Gasteiger partial charge in [-0.25, -0.2) is 0 Å². The highest BCUT2D eigenvalue weighted by Gasteiger charge is 2.18. The first kappa shape index (κ1) is 45.5. The molecule has 0 aromatic rings. The van der Waals surface area contributed by atoms with Gasteiger partial charge in [-0.2, -0.15) is 0 Å². The van der Waals surface area contributed by atoms with Crippen LogP contribution in [-0.2, 0) is 19.1 Å². The summed E-state index contributed by atoms with van der Waals surface area (Å²) in [7, 11) is 0. The summed E-state index contributed by atoms with van der Waals surface area (Å²) in [6, 6.07) is 0. The number of esters is 2. The molecule has 0 heterocycles. The average Bonchev–Trinajstić information content (AvgIpc) is 3.07. The van der Waals surface area contributed by atoms with E-state index in [0.29, 0.717) is 12.8 Å². The molecular weight excluding hydrogens is 608 g/mol. The highest BCUT2D eigenvalue weighted by atomic mass is 16.6. The lowest BCUT2D eigenvalue weighted by Gasteiger charge is -2.17. The molecule has 1 unspecified atom stereocenters. The second kappa shape index (κ2) is 33.0. The minimum absolute atomic E-state index is 0.00200. The van der Waals surface area contributed by atoms with Gasteiger partial charge in [0.1, 0.15) is 6.61 Å². The molecule has 0 rings (SSSR count). The molecule has 0 spiro atoms. The van der Waals surface area contributed by atoms with Crippen molar-refractivity contribution in [1.82, 2.24) is 0 Å². The van der Waals surface area contributed by atoms with Crippen LogP contribution >= 0.6 is 0 Å². The van der Waals surface area contributed by atoms with Gasteiger partial charge in [0.15, 0.2) is 6.10 Å². The third-order valence-corrected chi connectivity index (χ3v) is 8.21. The maximum Gasteiger partial charge on any atom is 0.306 e. The first-order valence-electron chi connectivity index (χ1n) is 18.6. The molecule has 0 aliphatic carbocycles. The number of aliphatic hydroxyl groups is 4. The van der Waals surface area contributed by atoms with Crippen LogP contribution in [0, 0.1) is 5.92 Å². The van der Waals surface area contributed by atoms with Gasteiger partial charge in [-0.3, -0.25) is 9.59 Å². The monoisotopic (exact) mass is 676 g/mol. The molecule has 48 heavy (non-hydrogen) atoms. The number of carbonyl (C=O) groups excluding carboxylic acids is 2. The van der Waals surface area contributed by atoms with Gasteiger partial charge in [-0.05, 0) is 38.0 Å². The third-order valence-electron chi connectivity index (χ3n) is 8.21. The van der Waals surface area contributed by atoms with Crippen molar-refractivity contribution >= 4 is 11.9 Å². The number of allylic oxidation sites excluding steroid dienone is 7. The Morgan fingerprint density at radius 2 is 1.23 bits per heavy atom. The first-order chi connectivity index (χ1) is 23.2. The third kappa shape index (κ3) is 29.6. The van der Waals surface area contributed by atoms with E-state index < -0.39 is 37.0 Å². The van der Waals surface area contributed by atoms with Crippen LogP contribution in [0.2, 0.25) is 0 Å². The molecule has 5 atom stereocenters. The topological polar surface area (TPSA) is 134 Å². The van der Waals surface area contributed by atoms with Crippen molar-refractivity contribution in [1.29, 1.82) is 0 Å². The SMILES string of the molecule is CC/C=C\C[C@H](O)/C=C/C=C/C=C\C=C/[C@@H](O)[C@H](O)CCCC(=O)O[C@@H](CO)COC(=O)CCCCCCCCCCCCC(C)CC. The van der Waals surface area contributed by atoms with Gasteiger partial charge in [-0.1, -0.05) is 152 Å². The smallest absolute Gasteiger partial charge is 0.306 e. The van der Waals surface area contributed by atoms with E-state index in [1.165, 1.54) is 63.9 Å². The molecule has 4 N–H and O–H groups in total. The van der Waals surface area contributed by atoms with Gasteiger partial charge in [-0.15, -0.1) is 0 Å². The number of hydrogen-bond acceptors (Lipinski definition) is 8. The zero-order valence-corrected chi connectivity index (χ0v) is 30.2. The zero-order valence-electron chi connectivity index (χ0n) is 30.2. The van der Waals surface area contributed by atoms with Crippen molar-refractivity contribution in [3.05, 3.63) is 60.8 Å². The van der Waals surface area contributed by atoms with Gasteiger partial charge in [0, 0.05) is 12.8 Å². The maximum atomic E-state index is 12.2. The molecule has 0 aliphatic rings. The summed E-state index contributed by atoms with van der Waals surface area (Å²) in [5.41, 5.74) is 0. The zero-order chi connectivity index (χ0) is 35.7. The predicted octanol–water partition coefficient (Wildman–Crippen LogP) is 8.00. The molecule has 0 aliphatic heterocycles.